The maximum Gasteiger partial charge on any atom is 0.410 e. The van der Waals surface area contributed by atoms with Crippen molar-refractivity contribution in [3.63, 3.8) is 0 Å². The maximum atomic E-state index is 14.6. The third-order valence-electron chi connectivity index (χ3n) is 14.9. The fourth-order valence-electron chi connectivity index (χ4n) is 10.5. The smallest absolute Gasteiger partial charge is 0.410 e. The highest BCUT2D eigenvalue weighted by atomic mass is 32.1. The molecule has 0 saturated carbocycles. The second-order valence-electron chi connectivity index (χ2n) is 19.9. The molecule has 1 aromatic heterocycles. The molecule has 0 radical (unpaired) electrons. The zero-order valence-electron chi connectivity index (χ0n) is 42.8. The van der Waals surface area contributed by atoms with Gasteiger partial charge in [-0.05, 0) is 79.8 Å². The fourth-order valence-corrected chi connectivity index (χ4v) is 11.5. The number of thiocarbonyl (C=S) groups is 1. The molecular weight excluding hydrogens is 921 g/mol. The number of fused-ring (bicyclic) bond motifs is 3. The zero-order valence-corrected chi connectivity index (χ0v) is 44.5. The highest BCUT2D eigenvalue weighted by Crippen LogP contribution is 2.44. The molecule has 15 heteroatoms. The number of imide groups is 1. The van der Waals surface area contributed by atoms with Crippen LogP contribution >= 0.6 is 23.6 Å². The standard InChI is InChI=1S/C55H74N6O7S2/c1-12-35(4)48(45(66-10)32-46(62)61-29-20-27-44(61)49(67-11)36(5)51(69)57-43(52-56-28-30-70-52)31-37-21-14-13-15-22-37)59(8)47(34(2)3)50(63)58-53(64)55(6,7)60(9)54(65)68-33-42-40-25-18-16-23-38(40)39-24-17-19-26-41(39)42/h13-19,21-26,28,30,34-36,42-45,47-49H,12,20,27,29,31-33H2,1-11H3,(H,57,69)(H,58,63,64)/t35-,36+,43-,44-,45+,47-,48-,49+/m0/s1. The van der Waals surface area contributed by atoms with E-state index in [1.54, 1.807) is 45.6 Å². The molecule has 2 aliphatic rings. The van der Waals surface area contributed by atoms with Crippen molar-refractivity contribution in [2.24, 2.45) is 17.8 Å². The van der Waals surface area contributed by atoms with Crippen molar-refractivity contribution in [3.05, 3.63) is 112 Å². The van der Waals surface area contributed by atoms with E-state index < -0.39 is 35.6 Å². The van der Waals surface area contributed by atoms with E-state index in [0.717, 1.165) is 46.5 Å². The number of nitrogens with zero attached hydrogens (tertiary/aromatic N) is 4. The molecule has 2 N–H and O–H groups in total. The molecule has 0 bridgehead atoms. The number of thiazole rings is 1. The second-order valence-corrected chi connectivity index (χ2v) is 21.2. The first kappa shape index (κ1) is 54.3. The van der Waals surface area contributed by atoms with Crippen molar-refractivity contribution < 1.29 is 33.4 Å². The van der Waals surface area contributed by atoms with Crippen molar-refractivity contribution in [2.45, 2.75) is 128 Å². The Kier molecular flexibility index (Phi) is 18.9. The van der Waals surface area contributed by atoms with Gasteiger partial charge in [0, 0.05) is 57.3 Å². The summed E-state index contributed by atoms with van der Waals surface area (Å²) in [5.41, 5.74) is 4.10. The minimum Gasteiger partial charge on any atom is -0.448 e. The molecule has 13 nitrogen and oxygen atoms in total. The number of rotatable bonds is 22. The average molecular weight is 995 g/mol. The molecule has 1 saturated heterocycles. The van der Waals surface area contributed by atoms with E-state index in [0.29, 0.717) is 18.0 Å². The maximum absolute atomic E-state index is 14.6. The lowest BCUT2D eigenvalue weighted by Crippen LogP contribution is -2.62. The summed E-state index contributed by atoms with van der Waals surface area (Å²) in [4.78, 5) is 67.1. The van der Waals surface area contributed by atoms with Gasteiger partial charge in [-0.1, -0.05) is 132 Å². The summed E-state index contributed by atoms with van der Waals surface area (Å²) in [5.74, 6) is -1.82. The van der Waals surface area contributed by atoms with Gasteiger partial charge in [-0.15, -0.1) is 11.3 Å². The number of amides is 4. The first-order chi connectivity index (χ1) is 33.4. The Bertz CT molecular complexity index is 2350. The molecule has 3 aromatic carbocycles. The Morgan fingerprint density at radius 1 is 0.914 bits per heavy atom. The zero-order chi connectivity index (χ0) is 50.9. The molecule has 4 amide bonds. The number of nitrogens with one attached hydrogen (secondary N) is 2. The van der Waals surface area contributed by atoms with Crippen LogP contribution in [-0.2, 0) is 35.0 Å². The van der Waals surface area contributed by atoms with Gasteiger partial charge in [-0.3, -0.25) is 29.5 Å². The van der Waals surface area contributed by atoms with E-state index >= 15 is 0 Å². The van der Waals surface area contributed by atoms with Gasteiger partial charge in [0.15, 0.2) is 0 Å². The van der Waals surface area contributed by atoms with Gasteiger partial charge in [-0.25, -0.2) is 9.78 Å². The van der Waals surface area contributed by atoms with Crippen LogP contribution in [0.5, 0.6) is 0 Å². The minimum absolute atomic E-state index is 0.00474. The summed E-state index contributed by atoms with van der Waals surface area (Å²) >= 11 is 7.67. The summed E-state index contributed by atoms with van der Waals surface area (Å²) in [6.45, 7) is 13.9. The first-order valence-electron chi connectivity index (χ1n) is 24.7. The quantitative estimate of drug-likeness (QED) is 0.0729. The molecule has 6 rings (SSSR count). The molecule has 1 aliphatic carbocycles. The van der Waals surface area contributed by atoms with Crippen LogP contribution in [0.25, 0.3) is 11.1 Å². The molecule has 1 aliphatic heterocycles. The number of likely N-dealkylation sites (N-methyl/N-ethyl adjacent to an activating group) is 2. The summed E-state index contributed by atoms with van der Waals surface area (Å²) in [6.07, 6.45) is 3.29. The van der Waals surface area contributed by atoms with Gasteiger partial charge in [0.1, 0.15) is 17.2 Å². The number of ether oxygens (including phenoxy) is 3. The van der Waals surface area contributed by atoms with E-state index in [1.165, 1.54) is 17.5 Å². The molecule has 4 aromatic rings. The van der Waals surface area contributed by atoms with E-state index in [4.69, 9.17) is 26.4 Å². The van der Waals surface area contributed by atoms with Crippen molar-refractivity contribution >= 4 is 52.4 Å². The fraction of sp³-hybridized carbons (Fsp3) is 0.527. The van der Waals surface area contributed by atoms with Gasteiger partial charge in [0.25, 0.3) is 5.91 Å². The van der Waals surface area contributed by atoms with E-state index in [-0.39, 0.29) is 66.8 Å². The highest BCUT2D eigenvalue weighted by Gasteiger charge is 2.45. The summed E-state index contributed by atoms with van der Waals surface area (Å²) in [5, 5.41) is 9.18. The molecule has 8 atom stereocenters. The topological polar surface area (TPSA) is 143 Å². The third-order valence-corrected chi connectivity index (χ3v) is 16.2. The summed E-state index contributed by atoms with van der Waals surface area (Å²) in [6, 6.07) is 25.0. The normalized spacial score (nSPS) is 17.7. The molecular formula is C55H74N6O7S2. The Morgan fingerprint density at radius 2 is 1.54 bits per heavy atom. The lowest BCUT2D eigenvalue weighted by molar-refractivity contribution is -0.142. The van der Waals surface area contributed by atoms with Crippen LogP contribution in [0.2, 0.25) is 0 Å². The minimum atomic E-state index is -1.45. The van der Waals surface area contributed by atoms with Crippen LogP contribution in [0.15, 0.2) is 90.4 Å². The van der Waals surface area contributed by atoms with E-state index in [9.17, 15) is 19.2 Å². The first-order valence-corrected chi connectivity index (χ1v) is 26.0. The number of hydrogen-bond acceptors (Lipinski definition) is 11. The number of methoxy groups -OCH3 is 2. The number of carbonyl (C=O) groups is 4. The SMILES string of the molecule is CC[C@H](C)[C@@H]([C@@H](CC(=O)N1CCC[C@H]1[C@H](OC)[C@@H](C)C(=S)N[C@@H](Cc1ccccc1)c1nccs1)OC)N(C)[C@H](C(=O)NC(=O)C(C)(C)N(C)C(=O)OCC1c2ccccc2-c2ccccc21)C(C)C. The number of carbonyl (C=O) groups excluding carboxylic acids is 4. The predicted molar refractivity (Wildman–Crippen MR) is 281 cm³/mol. The van der Waals surface area contributed by atoms with Crippen molar-refractivity contribution in [3.8, 4) is 11.1 Å². The molecule has 378 valence electrons. The highest BCUT2D eigenvalue weighted by molar-refractivity contribution is 7.80. The molecule has 2 heterocycles. The van der Waals surface area contributed by atoms with Crippen molar-refractivity contribution in [1.29, 1.82) is 0 Å². The number of hydrogen-bond donors (Lipinski definition) is 2. The van der Waals surface area contributed by atoms with E-state index in [2.05, 4.69) is 60.7 Å². The number of benzene rings is 3. The second kappa shape index (κ2) is 24.4. The lowest BCUT2D eigenvalue weighted by atomic mass is 9.87. The van der Waals surface area contributed by atoms with Gasteiger partial charge >= 0.3 is 6.09 Å². The lowest BCUT2D eigenvalue weighted by Gasteiger charge is -2.43. The largest absolute Gasteiger partial charge is 0.448 e. The Hall–Kier alpha value is -5.06. The Morgan fingerprint density at radius 3 is 2.11 bits per heavy atom. The summed E-state index contributed by atoms with van der Waals surface area (Å²) in [7, 11) is 6.66. The molecule has 1 fully saturated rings. The average Bonchev–Trinajstić information content (AvgIpc) is 4.14. The van der Waals surface area contributed by atoms with Gasteiger partial charge in [0.2, 0.25) is 11.8 Å². The van der Waals surface area contributed by atoms with Gasteiger partial charge in [0.05, 0.1) is 41.7 Å². The molecule has 0 spiro atoms. The van der Waals surface area contributed by atoms with Crippen LogP contribution in [0.3, 0.4) is 0 Å². The van der Waals surface area contributed by atoms with Gasteiger partial charge < -0.3 is 24.4 Å². The van der Waals surface area contributed by atoms with Crippen LogP contribution in [0, 0.1) is 17.8 Å². The van der Waals surface area contributed by atoms with Crippen LogP contribution in [-0.4, -0.2) is 126 Å². The van der Waals surface area contributed by atoms with Crippen molar-refractivity contribution in [1.82, 2.24) is 30.3 Å². The predicted octanol–water partition coefficient (Wildman–Crippen LogP) is 9.06. The van der Waals surface area contributed by atoms with Crippen LogP contribution < -0.4 is 10.6 Å². The monoisotopic (exact) mass is 995 g/mol. The Labute approximate surface area is 425 Å². The van der Waals surface area contributed by atoms with Crippen molar-refractivity contribution in [2.75, 3.05) is 41.5 Å². The Balaban J connectivity index is 1.10. The molecule has 0 unspecified atom stereocenters. The summed E-state index contributed by atoms with van der Waals surface area (Å²) < 4.78 is 18.3. The molecule has 70 heavy (non-hydrogen) atoms. The van der Waals surface area contributed by atoms with Crippen LogP contribution in [0.4, 0.5) is 4.79 Å². The number of aromatic nitrogens is 1. The van der Waals surface area contributed by atoms with E-state index in [1.807, 2.05) is 90.7 Å². The number of likely N-dealkylation sites (tertiary alicyclic amines) is 1. The van der Waals surface area contributed by atoms with Gasteiger partial charge in [-0.2, -0.15) is 0 Å². The third kappa shape index (κ3) is 12.2. The van der Waals surface area contributed by atoms with Crippen LogP contribution in [0.1, 0.15) is 108 Å².